The van der Waals surface area contributed by atoms with E-state index in [1.165, 1.54) is 37.4 Å². The van der Waals surface area contributed by atoms with Crippen molar-refractivity contribution in [1.82, 2.24) is 42.5 Å². The van der Waals surface area contributed by atoms with Crippen molar-refractivity contribution in [2.45, 2.75) is 98.5 Å². The number of carboxylic acids is 2. The third kappa shape index (κ3) is 15.1. The summed E-state index contributed by atoms with van der Waals surface area (Å²) >= 11 is 27.3. The highest BCUT2D eigenvalue weighted by molar-refractivity contribution is 6.37. The first-order valence-electron chi connectivity index (χ1n) is 31.4. The van der Waals surface area contributed by atoms with Gasteiger partial charge in [-0.25, -0.2) is 9.59 Å². The number of phenolic OH excluding ortho intramolecular Hbond substituents is 6. The van der Waals surface area contributed by atoms with Gasteiger partial charge < -0.3 is 128 Å². The van der Waals surface area contributed by atoms with Gasteiger partial charge in [0, 0.05) is 40.8 Å². The molecule has 0 spiro atoms. The zero-order chi connectivity index (χ0) is 76.9. The van der Waals surface area contributed by atoms with Crippen LogP contribution in [0.1, 0.15) is 94.7 Å². The van der Waals surface area contributed by atoms with E-state index in [1.54, 1.807) is 6.92 Å². The minimum absolute atomic E-state index is 0.119. The van der Waals surface area contributed by atoms with Gasteiger partial charge in [-0.05, 0) is 108 Å². The van der Waals surface area contributed by atoms with Gasteiger partial charge in [-0.15, -0.1) is 0 Å². The summed E-state index contributed by atoms with van der Waals surface area (Å²) in [5.41, 5.74) is -3.13. The van der Waals surface area contributed by atoms with Gasteiger partial charge in [0.1, 0.15) is 101 Å². The molecule has 106 heavy (non-hydrogen) atoms. The van der Waals surface area contributed by atoms with Crippen molar-refractivity contribution >= 4 is 99.7 Å². The number of phenols is 6. The number of aromatic hydroxyl groups is 6. The van der Waals surface area contributed by atoms with Crippen LogP contribution in [-0.2, 0) is 47.9 Å². The van der Waals surface area contributed by atoms with Crippen molar-refractivity contribution < 1.29 is 128 Å². The molecule has 7 aromatic rings. The lowest BCUT2D eigenvalue weighted by Gasteiger charge is -2.39. The maximum atomic E-state index is 15.8. The predicted octanol–water partition coefficient (Wildman–Crippen LogP) is 3.45. The molecule has 7 aliphatic heterocycles. The summed E-state index contributed by atoms with van der Waals surface area (Å²) in [5.74, 6) is -18.9. The molecule has 10 unspecified atom stereocenters. The second kappa shape index (κ2) is 30.5. The van der Waals surface area contributed by atoms with Crippen molar-refractivity contribution in [3.05, 3.63) is 162 Å². The van der Waals surface area contributed by atoms with E-state index >= 15 is 19.2 Å². The fraction of sp³-hybridized carbons (Fsp3) is 0.250. The van der Waals surface area contributed by atoms with Crippen LogP contribution in [0.25, 0.3) is 11.1 Å². The Labute approximate surface area is 615 Å². The molecule has 0 aromatic heterocycles. The maximum Gasteiger partial charge on any atom is 0.335 e. The summed E-state index contributed by atoms with van der Waals surface area (Å²) in [7, 11) is 1.39. The molecule has 14 rings (SSSR count). The van der Waals surface area contributed by atoms with Crippen molar-refractivity contribution in [1.29, 1.82) is 0 Å². The molecule has 14 atom stereocenters. The average molecular weight is 1550 g/mol. The van der Waals surface area contributed by atoms with E-state index in [4.69, 9.17) is 65.7 Å². The number of rotatable bonds is 5. The minimum atomic E-state index is -2.30. The SMILES string of the molecule is CCC(=O)N[C@H]1C(O)O[C@H](C(=O)O)[C@@H](O)[C@@H]1O.CNC1C(=O)NC2C(=O)NC(C(=O)NC3C(=O)NC4C(=O)NC(C(=O)NC(C(=O)O)c5cc(O)cc(O)c5-c5cc4ccc5O)C(O)c4cc(Cl)c(c(Cl)c4)Oc4cc3cc(c4O)Oc3ccc(cc3Cl)C2O)c2cc(cc(O)c2Cl)Oc2cc1ccc2O. The molecule has 7 aromatic carbocycles. The summed E-state index contributed by atoms with van der Waals surface area (Å²) < 4.78 is 23.0. The molecule has 1 saturated heterocycles. The van der Waals surface area contributed by atoms with E-state index < -0.39 is 233 Å². The van der Waals surface area contributed by atoms with Crippen molar-refractivity contribution in [3.8, 4) is 80.1 Å². The number of hydrogen-bond acceptors (Lipinski definition) is 25. The zero-order valence-corrected chi connectivity index (χ0v) is 57.3. The molecule has 7 aliphatic rings. The van der Waals surface area contributed by atoms with Crippen LogP contribution < -0.4 is 56.7 Å². The summed E-state index contributed by atoms with van der Waals surface area (Å²) in [5, 5.41) is 158. The van der Waals surface area contributed by atoms with Crippen LogP contribution in [-0.4, -0.2) is 169 Å². The Morgan fingerprint density at radius 3 is 1.70 bits per heavy atom. The third-order valence-electron chi connectivity index (χ3n) is 17.5. The fourth-order valence-electron chi connectivity index (χ4n) is 12.1. The lowest BCUT2D eigenvalue weighted by Crippen LogP contribution is -2.64. The van der Waals surface area contributed by atoms with Crippen LogP contribution in [0.3, 0.4) is 0 Å². The lowest BCUT2D eigenvalue weighted by atomic mass is 9.89. The zero-order valence-electron chi connectivity index (χ0n) is 54.2. The lowest BCUT2D eigenvalue weighted by molar-refractivity contribution is -0.249. The first kappa shape index (κ1) is 76.0. The number of carbonyl (C=O) groups is 9. The second-order valence-corrected chi connectivity index (χ2v) is 26.0. The van der Waals surface area contributed by atoms with Crippen molar-refractivity contribution in [2.75, 3.05) is 7.05 Å². The number of likely N-dealkylation sites (N-methyl/N-ethyl adjacent to an activating group) is 1. The third-order valence-corrected chi connectivity index (χ3v) is 18.8. The average Bonchev–Trinajstić information content (AvgIpc) is 0.767. The number of carboxylic acid groups (broad SMARTS) is 2. The molecular weight excluding hydrogens is 1490 g/mol. The number of aliphatic hydroxyl groups excluding tert-OH is 5. The van der Waals surface area contributed by atoms with Gasteiger partial charge in [-0.3, -0.25) is 33.6 Å². The van der Waals surface area contributed by atoms with Gasteiger partial charge in [-0.2, -0.15) is 0 Å². The van der Waals surface area contributed by atoms with Crippen LogP contribution >= 0.6 is 46.4 Å². The predicted molar refractivity (Wildman–Crippen MR) is 364 cm³/mol. The van der Waals surface area contributed by atoms with Crippen molar-refractivity contribution in [2.24, 2.45) is 0 Å². The molecule has 1 fully saturated rings. The van der Waals surface area contributed by atoms with Gasteiger partial charge in [0.2, 0.25) is 47.1 Å². The Hall–Kier alpha value is -11.2. The quantitative estimate of drug-likeness (QED) is 0.117. The molecule has 556 valence electrons. The molecule has 0 aliphatic carbocycles. The molecule has 0 saturated carbocycles. The number of ether oxygens (including phenoxy) is 4. The van der Waals surface area contributed by atoms with Crippen molar-refractivity contribution in [3.63, 3.8) is 0 Å². The smallest absolute Gasteiger partial charge is 0.335 e. The summed E-state index contributed by atoms with van der Waals surface area (Å²) in [6.07, 6.45) is -10.9. The summed E-state index contributed by atoms with van der Waals surface area (Å²) in [6.45, 7) is 1.56. The number of amides is 7. The molecule has 17 bridgehead atoms. The highest BCUT2D eigenvalue weighted by Gasteiger charge is 2.48. The second-order valence-electron chi connectivity index (χ2n) is 24.4. The minimum Gasteiger partial charge on any atom is -0.508 e. The Morgan fingerprint density at radius 1 is 0.491 bits per heavy atom. The number of aliphatic carboxylic acids is 2. The first-order valence-corrected chi connectivity index (χ1v) is 32.9. The number of fused-ring (bicyclic) bond motifs is 14. The highest BCUT2D eigenvalue weighted by Crippen LogP contribution is 2.50. The number of aliphatic hydroxyl groups is 5. The molecule has 7 amide bonds. The van der Waals surface area contributed by atoms with Gasteiger partial charge in [0.05, 0.1) is 20.1 Å². The van der Waals surface area contributed by atoms with Crippen LogP contribution in [0, 0.1) is 0 Å². The summed E-state index contributed by atoms with van der Waals surface area (Å²) in [6, 6.07) is 2.19. The maximum absolute atomic E-state index is 15.8. The molecule has 21 N–H and O–H groups in total. The molecule has 0 radical (unpaired) electrons. The number of benzene rings is 7. The fourth-order valence-corrected chi connectivity index (χ4v) is 13.2. The van der Waals surface area contributed by atoms with Crippen LogP contribution in [0.2, 0.25) is 20.1 Å². The van der Waals surface area contributed by atoms with Crippen LogP contribution in [0.15, 0.2) is 103 Å². The van der Waals surface area contributed by atoms with E-state index in [0.717, 1.165) is 72.8 Å². The molecule has 7 heterocycles. The number of halogens is 4. The number of hydrogen-bond donors (Lipinski definition) is 21. The Balaban J connectivity index is 0.000000581. The van der Waals surface area contributed by atoms with E-state index in [9.17, 15) is 85.3 Å². The Kier molecular flexibility index (Phi) is 21.9. The van der Waals surface area contributed by atoms with Gasteiger partial charge in [0.25, 0.3) is 0 Å². The van der Waals surface area contributed by atoms with Gasteiger partial charge >= 0.3 is 11.9 Å². The Bertz CT molecular complexity index is 4780. The van der Waals surface area contributed by atoms with E-state index in [-0.39, 0.29) is 50.9 Å². The monoisotopic (exact) mass is 1540 g/mol. The van der Waals surface area contributed by atoms with Gasteiger partial charge in [0.15, 0.2) is 47.2 Å². The van der Waals surface area contributed by atoms with Crippen LogP contribution in [0.4, 0.5) is 0 Å². The Morgan fingerprint density at radius 2 is 1.06 bits per heavy atom. The van der Waals surface area contributed by atoms with Crippen LogP contribution in [0.5, 0.6) is 69.0 Å². The van der Waals surface area contributed by atoms with E-state index in [2.05, 4.69) is 47.3 Å². The molecular formula is C68H60Cl4N8O26. The highest BCUT2D eigenvalue weighted by atomic mass is 35.5. The summed E-state index contributed by atoms with van der Waals surface area (Å²) in [4.78, 5) is 126. The largest absolute Gasteiger partial charge is 0.508 e. The van der Waals surface area contributed by atoms with E-state index in [0.29, 0.717) is 0 Å². The van der Waals surface area contributed by atoms with E-state index in [1.807, 2.05) is 0 Å². The number of carbonyl (C=O) groups excluding carboxylic acids is 7. The molecule has 34 nitrogen and oxygen atoms in total. The standard InChI is InChI=1S/C59H45Cl4N7O19.C9H15NO7/c1-64-42-20-3-6-33(73)37(12-20)87-25-17-28(41(63)35(75)18-25)45-56(82)66-44-22-13-38(88-36-7-4-21(9-29(36)60)49(76)47(57(83)67-45)69-53(42)79)51(78)39(14-22)89-52-30(61)10-23(11-31(52)62)50(77)48-58(84)68-46(59(85)86)27-15-24(71)16-34(74)40(27)26-8-19(2-5-32(26)72)43(54(80)70-48)65-55(44)81;1-2-3(11)10-4-5(12)6(13)7(8(14)15)17-9(4)16/h2-18,42-50,64,71-78H,1H3,(H,65,81)(H,66,82)(H,67,83)(H,68,84)(H,69,79)(H,70,80)(H,85,86);4-7,9,12-13,16H,2H2,1H3,(H,10,11)(H,14,15)/t;4-,5-,6+,7+,9?/m.1/s1. The van der Waals surface area contributed by atoms with Gasteiger partial charge in [-0.1, -0.05) is 71.5 Å². The molecule has 38 heteroatoms. The number of nitrogens with one attached hydrogen (secondary N) is 8. The normalized spacial score (nSPS) is 24.9. The first-order chi connectivity index (χ1) is 50.2. The topological polar surface area (TPSA) is 550 Å².